The molecule has 3 aromatic rings. The van der Waals surface area contributed by atoms with Gasteiger partial charge in [0.2, 0.25) is 12.0 Å². The fourth-order valence-electron chi connectivity index (χ4n) is 5.38. The summed E-state index contributed by atoms with van der Waals surface area (Å²) in [5.41, 5.74) is -0.165. The van der Waals surface area contributed by atoms with E-state index in [0.29, 0.717) is 11.3 Å². The van der Waals surface area contributed by atoms with Gasteiger partial charge in [-0.1, -0.05) is 0 Å². The van der Waals surface area contributed by atoms with Crippen LogP contribution in [0, 0.1) is 0 Å². The van der Waals surface area contributed by atoms with Crippen LogP contribution in [0.3, 0.4) is 0 Å². The SMILES string of the molecule is COc1ccc(-c2cc(=O)c3c(O)c(OC)c(O[C@@H]4O[C@H](CO[C@@H]5O[C@@H](C)[C@H](O)[C@@H](OC(C)=O)[C@H]5O)[C@H](O)[C@H](O)[C@H]4O)cc3o2)cc1. The molecular formula is C31H36O16. The first-order valence-corrected chi connectivity index (χ1v) is 14.5. The number of methoxy groups -OCH3 is 2. The number of ether oxygens (including phenoxy) is 7. The molecule has 3 heterocycles. The van der Waals surface area contributed by atoms with Gasteiger partial charge in [-0.05, 0) is 31.2 Å². The van der Waals surface area contributed by atoms with E-state index < -0.39 is 85.2 Å². The zero-order valence-corrected chi connectivity index (χ0v) is 25.7. The summed E-state index contributed by atoms with van der Waals surface area (Å²) in [6, 6.07) is 9.11. The number of phenols is 1. The minimum absolute atomic E-state index is 0.107. The van der Waals surface area contributed by atoms with Gasteiger partial charge in [0, 0.05) is 24.6 Å². The number of aliphatic hydroxyl groups excluding tert-OH is 5. The largest absolute Gasteiger partial charge is 0.504 e. The van der Waals surface area contributed by atoms with Gasteiger partial charge in [0.05, 0.1) is 26.9 Å². The summed E-state index contributed by atoms with van der Waals surface area (Å²) in [7, 11) is 2.71. The van der Waals surface area contributed by atoms with Crippen LogP contribution in [0.25, 0.3) is 22.3 Å². The van der Waals surface area contributed by atoms with Gasteiger partial charge in [-0.3, -0.25) is 9.59 Å². The Morgan fingerprint density at radius 3 is 2.21 bits per heavy atom. The molecule has 0 unspecified atom stereocenters. The molecule has 0 amide bonds. The zero-order valence-electron chi connectivity index (χ0n) is 25.7. The van der Waals surface area contributed by atoms with Gasteiger partial charge in [-0.25, -0.2) is 0 Å². The summed E-state index contributed by atoms with van der Waals surface area (Å²) >= 11 is 0. The molecule has 0 saturated carbocycles. The van der Waals surface area contributed by atoms with E-state index in [1.807, 2.05) is 0 Å². The van der Waals surface area contributed by atoms with Crippen molar-refractivity contribution in [2.45, 2.75) is 75.3 Å². The minimum atomic E-state index is -1.83. The molecule has 47 heavy (non-hydrogen) atoms. The first-order chi connectivity index (χ1) is 22.3. The topological polar surface area (TPSA) is 233 Å². The zero-order chi connectivity index (χ0) is 34.2. The number of rotatable bonds is 9. The summed E-state index contributed by atoms with van der Waals surface area (Å²) in [4.78, 5) is 24.5. The fourth-order valence-corrected chi connectivity index (χ4v) is 5.38. The van der Waals surface area contributed by atoms with E-state index in [9.17, 15) is 40.2 Å². The Hall–Kier alpha value is -4.00. The normalized spacial score (nSPS) is 30.9. The van der Waals surface area contributed by atoms with Crippen LogP contribution in [0.5, 0.6) is 23.0 Å². The lowest BCUT2D eigenvalue weighted by atomic mass is 9.98. The molecule has 2 aliphatic heterocycles. The van der Waals surface area contributed by atoms with E-state index >= 15 is 0 Å². The molecule has 5 rings (SSSR count). The summed E-state index contributed by atoms with van der Waals surface area (Å²) in [6.07, 6.45) is -15.2. The van der Waals surface area contributed by atoms with Gasteiger partial charge >= 0.3 is 5.97 Å². The maximum absolute atomic E-state index is 13.1. The highest BCUT2D eigenvalue weighted by molar-refractivity contribution is 5.89. The average molecular weight is 665 g/mol. The summed E-state index contributed by atoms with van der Waals surface area (Å²) in [6.45, 7) is 2.03. The second-order valence-electron chi connectivity index (χ2n) is 11.1. The fraction of sp³-hybridized carbons (Fsp3) is 0.484. The van der Waals surface area contributed by atoms with E-state index in [1.54, 1.807) is 24.3 Å². The van der Waals surface area contributed by atoms with E-state index in [4.69, 9.17) is 37.6 Å². The smallest absolute Gasteiger partial charge is 0.303 e. The van der Waals surface area contributed by atoms with Gasteiger partial charge in [0.15, 0.2) is 29.3 Å². The lowest BCUT2D eigenvalue weighted by molar-refractivity contribution is -0.319. The molecule has 0 bridgehead atoms. The summed E-state index contributed by atoms with van der Waals surface area (Å²) < 4.78 is 44.0. The second-order valence-corrected chi connectivity index (χ2v) is 11.1. The van der Waals surface area contributed by atoms with Crippen molar-refractivity contribution < 1.29 is 73.0 Å². The standard InChI is InChI=1S/C31H36O16/c1-12-22(34)29(44-13(2)32)27(39)30(43-12)42-11-20-23(35)25(37)26(38)31(47-20)46-19-10-18-21(24(36)28(19)41-4)16(33)9-17(45-18)14-5-7-15(40-3)8-6-14/h5-10,12,20,22-23,25-27,29-31,34-39H,11H2,1-4H3/t12-,20+,22-,23-,25-,26+,27+,29+,30+,31+/m0/s1. The molecule has 0 spiro atoms. The number of hydrogen-bond donors (Lipinski definition) is 6. The number of aliphatic hydroxyl groups is 5. The number of aromatic hydroxyl groups is 1. The molecule has 256 valence electrons. The van der Waals surface area contributed by atoms with Gasteiger partial charge in [-0.2, -0.15) is 0 Å². The van der Waals surface area contributed by atoms with Gasteiger partial charge in [-0.15, -0.1) is 0 Å². The van der Waals surface area contributed by atoms with Crippen LogP contribution in [-0.4, -0.2) is 119 Å². The minimum Gasteiger partial charge on any atom is -0.504 e. The van der Waals surface area contributed by atoms with Crippen molar-refractivity contribution in [1.82, 2.24) is 0 Å². The van der Waals surface area contributed by atoms with E-state index in [1.165, 1.54) is 33.3 Å². The molecular weight excluding hydrogens is 628 g/mol. The van der Waals surface area contributed by atoms with Crippen molar-refractivity contribution in [3.63, 3.8) is 0 Å². The first-order valence-electron chi connectivity index (χ1n) is 14.5. The van der Waals surface area contributed by atoms with Crippen LogP contribution in [0.1, 0.15) is 13.8 Å². The molecule has 10 atom stereocenters. The van der Waals surface area contributed by atoms with Crippen molar-refractivity contribution in [1.29, 1.82) is 0 Å². The number of carbonyl (C=O) groups excluding carboxylic acids is 1. The number of benzene rings is 2. The molecule has 0 radical (unpaired) electrons. The van der Waals surface area contributed by atoms with E-state index in [2.05, 4.69) is 0 Å². The average Bonchev–Trinajstić information content (AvgIpc) is 3.04. The Morgan fingerprint density at radius 1 is 0.872 bits per heavy atom. The number of hydrogen-bond acceptors (Lipinski definition) is 16. The van der Waals surface area contributed by atoms with Crippen LogP contribution in [-0.2, 0) is 23.7 Å². The Labute approximate surface area is 267 Å². The molecule has 1 aromatic heterocycles. The van der Waals surface area contributed by atoms with Crippen LogP contribution in [0.15, 0.2) is 45.6 Å². The van der Waals surface area contributed by atoms with E-state index in [0.717, 1.165) is 6.92 Å². The van der Waals surface area contributed by atoms with Crippen molar-refractivity contribution in [3.8, 4) is 34.3 Å². The van der Waals surface area contributed by atoms with Crippen molar-refractivity contribution >= 4 is 16.9 Å². The summed E-state index contributed by atoms with van der Waals surface area (Å²) in [5, 5.41) is 63.7. The van der Waals surface area contributed by atoms with Crippen LogP contribution < -0.4 is 19.6 Å². The molecule has 2 aliphatic rings. The van der Waals surface area contributed by atoms with E-state index in [-0.39, 0.29) is 28.2 Å². The third-order valence-electron chi connectivity index (χ3n) is 7.91. The Morgan fingerprint density at radius 2 is 1.57 bits per heavy atom. The molecule has 2 saturated heterocycles. The maximum Gasteiger partial charge on any atom is 0.303 e. The Bertz CT molecular complexity index is 1620. The number of fused-ring (bicyclic) bond motifs is 1. The third kappa shape index (κ3) is 6.86. The molecule has 16 nitrogen and oxygen atoms in total. The third-order valence-corrected chi connectivity index (χ3v) is 7.91. The second kappa shape index (κ2) is 14.0. The highest BCUT2D eigenvalue weighted by atomic mass is 16.7. The predicted molar refractivity (Wildman–Crippen MR) is 158 cm³/mol. The van der Waals surface area contributed by atoms with Crippen LogP contribution in [0.2, 0.25) is 0 Å². The Kier molecular flexibility index (Phi) is 10.2. The maximum atomic E-state index is 13.1. The van der Waals surface area contributed by atoms with Crippen molar-refractivity contribution in [2.75, 3.05) is 20.8 Å². The van der Waals surface area contributed by atoms with Crippen LogP contribution >= 0.6 is 0 Å². The van der Waals surface area contributed by atoms with Gasteiger partial charge in [0.25, 0.3) is 0 Å². The molecule has 0 aliphatic carbocycles. The molecule has 2 aromatic carbocycles. The summed E-state index contributed by atoms with van der Waals surface area (Å²) in [5.74, 6) is -1.19. The number of carbonyl (C=O) groups is 1. The van der Waals surface area contributed by atoms with Crippen molar-refractivity contribution in [3.05, 3.63) is 46.6 Å². The number of phenolic OH excluding ortho intramolecular Hbond substituents is 1. The first kappa shape index (κ1) is 34.3. The number of esters is 1. The lowest BCUT2D eigenvalue weighted by Crippen LogP contribution is -2.62. The monoisotopic (exact) mass is 664 g/mol. The van der Waals surface area contributed by atoms with Crippen LogP contribution in [0.4, 0.5) is 0 Å². The Balaban J connectivity index is 1.39. The van der Waals surface area contributed by atoms with Gasteiger partial charge < -0.3 is 68.2 Å². The van der Waals surface area contributed by atoms with Crippen molar-refractivity contribution in [2.24, 2.45) is 0 Å². The molecule has 16 heteroatoms. The quantitative estimate of drug-likeness (QED) is 0.162. The highest BCUT2D eigenvalue weighted by Gasteiger charge is 2.48. The van der Waals surface area contributed by atoms with Gasteiger partial charge in [0.1, 0.15) is 59.1 Å². The lowest BCUT2D eigenvalue weighted by Gasteiger charge is -2.43. The highest BCUT2D eigenvalue weighted by Crippen LogP contribution is 2.43. The molecule has 6 N–H and O–H groups in total. The predicted octanol–water partition coefficient (Wildman–Crippen LogP) is -0.216. The molecule has 2 fully saturated rings.